The van der Waals surface area contributed by atoms with Gasteiger partial charge in [0.2, 0.25) is 0 Å². The Morgan fingerprint density at radius 3 is 0.578 bits per heavy atom. The summed E-state index contributed by atoms with van der Waals surface area (Å²) < 4.78 is 16.1. The fraction of sp³-hybridized carbons (Fsp3) is 0.321. The van der Waals surface area contributed by atoms with Gasteiger partial charge in [0.15, 0.2) is 0 Å². The van der Waals surface area contributed by atoms with Crippen LogP contribution < -0.4 is 0 Å². The van der Waals surface area contributed by atoms with E-state index in [9.17, 15) is 1.41 Å². The summed E-state index contributed by atoms with van der Waals surface area (Å²) in [6.45, 7) is 37.5. The molecule has 109 heavy (non-hydrogen) atoms. The van der Waals surface area contributed by atoms with E-state index in [0.29, 0.717) is 0 Å². The number of hydrogen-bond acceptors (Lipinski definition) is 1. The quantitative estimate of drug-likeness (QED) is 0.0691. The van der Waals surface area contributed by atoms with Gasteiger partial charge in [-0.05, 0) is 116 Å². The van der Waals surface area contributed by atoms with Crippen molar-refractivity contribution in [2.75, 3.05) is 0 Å². The molecule has 13 rings (SSSR count). The minimum atomic E-state index is -4.11. The molecule has 0 saturated carbocycles. The maximum atomic E-state index is 9.39. The molecule has 12 bridgehead atoms. The van der Waals surface area contributed by atoms with Crippen molar-refractivity contribution in [2.24, 2.45) is 0 Å². The van der Waals surface area contributed by atoms with Crippen LogP contribution in [0.5, 0.6) is 0 Å². The van der Waals surface area contributed by atoms with Gasteiger partial charge in [-0.1, -0.05) is 160 Å². The molecule has 560 valence electrons. The van der Waals surface area contributed by atoms with E-state index < -0.39 is 37.6 Å². The predicted molar refractivity (Wildman–Crippen MR) is 472 cm³/mol. The number of rotatable bonds is 20. The van der Waals surface area contributed by atoms with Crippen molar-refractivity contribution in [1.82, 2.24) is 0 Å². The molecule has 0 spiro atoms. The van der Waals surface area contributed by atoms with E-state index >= 15 is 0 Å². The normalized spacial score (nSPS) is 13.5. The molecule has 0 saturated heterocycles. The third-order valence-electron chi connectivity index (χ3n) is 23.7. The van der Waals surface area contributed by atoms with Crippen molar-refractivity contribution >= 4 is 37.6 Å². The van der Waals surface area contributed by atoms with Crippen molar-refractivity contribution in [1.29, 1.82) is 0 Å². The van der Waals surface area contributed by atoms with Crippen LogP contribution in [-0.2, 0) is 77.8 Å². The van der Waals surface area contributed by atoms with Crippen molar-refractivity contribution in [3.05, 3.63) is 427 Å². The average molecular weight is 1650 g/mol. The molecule has 12 aromatic carbocycles. The van der Waals surface area contributed by atoms with Gasteiger partial charge in [-0.15, -0.1) is 0 Å². The van der Waals surface area contributed by atoms with Gasteiger partial charge in [-0.2, -0.15) is 0 Å². The summed E-state index contributed by atoms with van der Waals surface area (Å²) in [7, 11) is 0. The topological polar surface area (TPSA) is 9.23 Å². The molecule has 0 amide bonds. The van der Waals surface area contributed by atoms with Crippen LogP contribution in [0.2, 0.25) is 26.6 Å². The molecule has 1 nitrogen and oxygen atoms in total. The third-order valence-corrected chi connectivity index (χ3v) is 68.9. The summed E-state index contributed by atoms with van der Waals surface area (Å²) >= 11 is -8.23. The predicted octanol–water partition coefficient (Wildman–Crippen LogP) is 27.6. The summed E-state index contributed by atoms with van der Waals surface area (Å²) in [4.78, 5) is 0. The van der Waals surface area contributed by atoms with Crippen molar-refractivity contribution < 1.29 is 1.41 Å². The second-order valence-electron chi connectivity index (χ2n) is 37.4. The Balaban J connectivity index is 0.000000213. The number of benzene rings is 12. The molecule has 0 aliphatic heterocycles. The Bertz CT molecular complexity index is 4480. The third kappa shape index (κ3) is 21.7. The van der Waals surface area contributed by atoms with Crippen molar-refractivity contribution in [3.63, 3.8) is 0 Å². The van der Waals surface area contributed by atoms with Crippen LogP contribution >= 0.6 is 0 Å². The molecule has 0 atom stereocenters. The van der Waals surface area contributed by atoms with E-state index in [1.54, 1.807) is 0 Å². The van der Waals surface area contributed by atoms with Gasteiger partial charge in [0.25, 0.3) is 0 Å². The zero-order valence-corrected chi connectivity index (χ0v) is 74.2. The van der Waals surface area contributed by atoms with Crippen LogP contribution in [0.15, 0.2) is 322 Å². The fourth-order valence-corrected chi connectivity index (χ4v) is 82.1. The van der Waals surface area contributed by atoms with Crippen molar-refractivity contribution in [2.45, 2.75) is 207 Å². The van der Waals surface area contributed by atoms with Gasteiger partial charge in [-0.25, -0.2) is 0 Å². The van der Waals surface area contributed by atoms with Gasteiger partial charge in [0, 0.05) is 0 Å². The molecule has 0 unspecified atom stereocenters. The van der Waals surface area contributed by atoms with E-state index in [2.05, 4.69) is 425 Å². The van der Waals surface area contributed by atoms with E-state index in [1.807, 2.05) is 0 Å². The molecule has 12 aromatic rings. The monoisotopic (exact) mass is 1650 g/mol. The zero-order chi connectivity index (χ0) is 77.1. The van der Waals surface area contributed by atoms with Crippen LogP contribution in [0.4, 0.5) is 0 Å². The van der Waals surface area contributed by atoms with Crippen LogP contribution in [0, 0.1) is 0 Å². The molecule has 0 heterocycles. The SMILES string of the molecule is CC(C)(C)c1ccc2cc1Cc1cccc(c1)Cc1cccc(c1)Cc1cccc(c1)Cc1cccc(c1)Cc1cccc(c1)C2.CC(C)([CH2][Sn]([CH2]C(C)(C)c1ccccc1)([CH2]C(C)(C)c1ccccc1)[O][Sn]([CH2]C(C)(C)c1ccccc1)([CH2]C(C)(C)c1ccccc1)[CH2]C(C)(C)c1ccccc1)c1ccccc1. The summed E-state index contributed by atoms with van der Waals surface area (Å²) in [5, 5.41) is 0. The van der Waals surface area contributed by atoms with Crippen LogP contribution in [-0.4, -0.2) is 37.6 Å². The molecule has 1 aliphatic rings. The molecule has 0 N–H and O–H groups in total. The molecule has 0 aromatic heterocycles. The summed E-state index contributed by atoms with van der Waals surface area (Å²) in [5.41, 5.74) is 26.1. The molecule has 3 heteroatoms. The van der Waals surface area contributed by atoms with Gasteiger partial charge < -0.3 is 0 Å². The first-order chi connectivity index (χ1) is 51.9. The van der Waals surface area contributed by atoms with E-state index in [0.717, 1.165) is 65.1 Å². The summed E-state index contributed by atoms with van der Waals surface area (Å²) in [6, 6.07) is 122. The molecular formula is C106H122OSn2. The van der Waals surface area contributed by atoms with Gasteiger partial charge in [0.05, 0.1) is 0 Å². The number of hydrogen-bond donors (Lipinski definition) is 0. The van der Waals surface area contributed by atoms with Crippen LogP contribution in [0.25, 0.3) is 0 Å². The Hall–Kier alpha value is -7.80. The molecular weight excluding hydrogens is 1530 g/mol. The van der Waals surface area contributed by atoms with E-state index in [4.69, 9.17) is 0 Å². The first kappa shape index (κ1) is 80.7. The Morgan fingerprint density at radius 2 is 0.385 bits per heavy atom. The summed E-state index contributed by atoms with van der Waals surface area (Å²) in [6.07, 6.45) is 5.68. The van der Waals surface area contributed by atoms with Gasteiger partial charge in [0.1, 0.15) is 0 Å². The number of fused-ring (bicyclic) bond motifs is 12. The minimum absolute atomic E-state index is 0.0858. The van der Waals surface area contributed by atoms with Crippen LogP contribution in [0.1, 0.15) is 210 Å². The van der Waals surface area contributed by atoms with E-state index in [-0.39, 0.29) is 37.9 Å². The fourth-order valence-electron chi connectivity index (χ4n) is 19.1. The second-order valence-corrected chi connectivity index (χ2v) is 61.5. The Kier molecular flexibility index (Phi) is 25.5. The Morgan fingerprint density at radius 1 is 0.202 bits per heavy atom. The average Bonchev–Trinajstić information content (AvgIpc) is 0.737. The van der Waals surface area contributed by atoms with Crippen LogP contribution in [0.3, 0.4) is 0 Å². The summed E-state index contributed by atoms with van der Waals surface area (Å²) in [5.74, 6) is 0. The van der Waals surface area contributed by atoms with Gasteiger partial charge >= 0.3 is 397 Å². The zero-order valence-electron chi connectivity index (χ0n) is 68.5. The Labute approximate surface area is 667 Å². The first-order valence-corrected chi connectivity index (χ1v) is 54.9. The first-order valence-electron chi connectivity index (χ1n) is 40.5. The maximum absolute atomic E-state index is 9.39. The van der Waals surface area contributed by atoms with E-state index in [1.165, 1.54) is 106 Å². The standard InChI is InChI=1S/C46H44.6C10H13.O.2Sn/c1-46(2,3)45-20-19-43-30-41-16-7-15-39(28-41)26-37-12-5-11-35(24-37)22-33-9-4-10-34(21-33)23-36-13-6-14-38(25-36)27-40-17-8-18-42(29-40)31-44(45)32-43;6*1-10(2,3)9-7-5-4-6-8-9;;;/h4-21,24-25,28-29,32H,22-23,26-27,30-31H2,1-3H3;6*4-8H,1H2,2-3H3;;;. The molecule has 0 fully saturated rings. The second kappa shape index (κ2) is 34.4. The molecule has 1 aliphatic carbocycles. The molecule has 0 radical (unpaired) electrons. The van der Waals surface area contributed by atoms with Crippen molar-refractivity contribution in [3.8, 4) is 0 Å². The van der Waals surface area contributed by atoms with Gasteiger partial charge in [-0.3, -0.25) is 0 Å².